The van der Waals surface area contributed by atoms with Crippen LogP contribution >= 0.6 is 0 Å². The zero-order valence-electron chi connectivity index (χ0n) is 15.0. The highest BCUT2D eigenvalue weighted by Crippen LogP contribution is 2.45. The van der Waals surface area contributed by atoms with Crippen LogP contribution in [0.25, 0.3) is 22.0 Å². The fourth-order valence-corrected chi connectivity index (χ4v) is 3.46. The van der Waals surface area contributed by atoms with E-state index in [1.54, 1.807) is 18.6 Å². The summed E-state index contributed by atoms with van der Waals surface area (Å²) in [5, 5.41) is 4.58. The summed E-state index contributed by atoms with van der Waals surface area (Å²) in [6, 6.07) is 5.74. The Bertz CT molecular complexity index is 1010. The average molecular weight is 347 g/mol. The number of nitrogens with two attached hydrogens (primary N) is 1. The number of aromatic nitrogens is 3. The number of pyridine rings is 3. The number of rotatable bonds is 3. The lowest BCUT2D eigenvalue weighted by atomic mass is 10.1. The molecule has 0 bridgehead atoms. The van der Waals surface area contributed by atoms with Gasteiger partial charge in [0.25, 0.3) is 0 Å². The largest absolute Gasteiger partial charge is 0.383 e. The van der Waals surface area contributed by atoms with Crippen LogP contribution in [-0.4, -0.2) is 20.9 Å². The number of nitrogens with zero attached hydrogens (tertiary/aromatic N) is 3. The SMILES string of the molecule is Cc1ccncc1-c1cc2cc(NC(=O)C3[C@@H](C)[C@H]3C)ncc2c(N)n1. The van der Waals surface area contributed by atoms with E-state index < -0.39 is 0 Å². The number of anilines is 2. The molecule has 6 heteroatoms. The number of nitrogens with one attached hydrogen (secondary N) is 1. The molecule has 3 aromatic heterocycles. The monoisotopic (exact) mass is 347 g/mol. The molecular formula is C20H21N5O. The number of carbonyl (C=O) groups is 1. The van der Waals surface area contributed by atoms with Gasteiger partial charge in [-0.25, -0.2) is 9.97 Å². The van der Waals surface area contributed by atoms with E-state index in [1.165, 1.54) is 0 Å². The minimum atomic E-state index is 0.0298. The molecule has 1 fully saturated rings. The van der Waals surface area contributed by atoms with Crippen molar-refractivity contribution >= 4 is 28.3 Å². The Hall–Kier alpha value is -3.02. The predicted octanol–water partition coefficient (Wildman–Crippen LogP) is 3.42. The minimum Gasteiger partial charge on any atom is -0.383 e. The van der Waals surface area contributed by atoms with Crippen molar-refractivity contribution in [3.8, 4) is 11.3 Å². The van der Waals surface area contributed by atoms with E-state index in [0.29, 0.717) is 23.5 Å². The van der Waals surface area contributed by atoms with E-state index in [4.69, 9.17) is 5.73 Å². The number of amides is 1. The molecule has 0 aliphatic heterocycles. The molecular weight excluding hydrogens is 326 g/mol. The molecule has 3 heterocycles. The van der Waals surface area contributed by atoms with Crippen LogP contribution in [0.15, 0.2) is 36.8 Å². The predicted molar refractivity (Wildman–Crippen MR) is 102 cm³/mol. The van der Waals surface area contributed by atoms with Gasteiger partial charge in [0.1, 0.15) is 11.6 Å². The number of fused-ring (bicyclic) bond motifs is 1. The van der Waals surface area contributed by atoms with Gasteiger partial charge in [-0.2, -0.15) is 0 Å². The molecule has 3 atom stereocenters. The Kier molecular flexibility index (Phi) is 3.83. The summed E-state index contributed by atoms with van der Waals surface area (Å²) in [5.74, 6) is 1.90. The normalized spacial score (nSPS) is 21.6. The molecule has 4 rings (SSSR count). The Morgan fingerprint density at radius 1 is 1.19 bits per heavy atom. The van der Waals surface area contributed by atoms with Gasteiger partial charge in [-0.15, -0.1) is 0 Å². The lowest BCUT2D eigenvalue weighted by Crippen LogP contribution is -2.16. The van der Waals surface area contributed by atoms with Gasteiger partial charge < -0.3 is 11.1 Å². The first-order chi connectivity index (χ1) is 12.5. The first kappa shape index (κ1) is 16.4. The molecule has 1 saturated carbocycles. The van der Waals surface area contributed by atoms with Crippen LogP contribution in [0.2, 0.25) is 0 Å². The van der Waals surface area contributed by atoms with Gasteiger partial charge in [0.2, 0.25) is 5.91 Å². The summed E-state index contributed by atoms with van der Waals surface area (Å²) in [4.78, 5) is 25.3. The van der Waals surface area contributed by atoms with E-state index in [0.717, 1.165) is 27.6 Å². The van der Waals surface area contributed by atoms with Crippen LogP contribution in [0.1, 0.15) is 19.4 Å². The molecule has 26 heavy (non-hydrogen) atoms. The Labute approximate surface area is 151 Å². The van der Waals surface area contributed by atoms with Crippen LogP contribution in [0.3, 0.4) is 0 Å². The van der Waals surface area contributed by atoms with Gasteiger partial charge >= 0.3 is 0 Å². The first-order valence-electron chi connectivity index (χ1n) is 8.74. The fraction of sp³-hybridized carbons (Fsp3) is 0.300. The number of carbonyl (C=O) groups excluding carboxylic acids is 1. The summed E-state index contributed by atoms with van der Waals surface area (Å²) in [7, 11) is 0. The molecule has 1 amide bonds. The highest BCUT2D eigenvalue weighted by atomic mass is 16.2. The molecule has 132 valence electrons. The van der Waals surface area contributed by atoms with E-state index in [-0.39, 0.29) is 11.8 Å². The molecule has 0 aromatic carbocycles. The van der Waals surface area contributed by atoms with Gasteiger partial charge in [-0.1, -0.05) is 13.8 Å². The summed E-state index contributed by atoms with van der Waals surface area (Å²) in [6.45, 7) is 6.20. The van der Waals surface area contributed by atoms with Crippen LogP contribution < -0.4 is 11.1 Å². The number of aryl methyl sites for hydroxylation is 1. The first-order valence-corrected chi connectivity index (χ1v) is 8.74. The van der Waals surface area contributed by atoms with Crippen LogP contribution in [0.4, 0.5) is 11.6 Å². The van der Waals surface area contributed by atoms with Gasteiger partial charge in [0, 0.05) is 35.5 Å². The van der Waals surface area contributed by atoms with Crippen molar-refractivity contribution in [1.29, 1.82) is 0 Å². The second kappa shape index (κ2) is 6.05. The van der Waals surface area contributed by atoms with E-state index in [1.807, 2.05) is 25.1 Å². The van der Waals surface area contributed by atoms with Gasteiger partial charge in [0.15, 0.2) is 0 Å². The van der Waals surface area contributed by atoms with Crippen LogP contribution in [-0.2, 0) is 4.79 Å². The highest BCUT2D eigenvalue weighted by Gasteiger charge is 2.48. The molecule has 0 saturated heterocycles. The van der Waals surface area contributed by atoms with E-state index >= 15 is 0 Å². The molecule has 0 spiro atoms. The van der Waals surface area contributed by atoms with Gasteiger partial charge in [-0.05, 0) is 47.9 Å². The minimum absolute atomic E-state index is 0.0298. The molecule has 6 nitrogen and oxygen atoms in total. The number of hydrogen-bond donors (Lipinski definition) is 2. The third-order valence-electron chi connectivity index (χ3n) is 5.44. The average Bonchev–Trinajstić information content (AvgIpc) is 3.21. The zero-order valence-corrected chi connectivity index (χ0v) is 15.0. The highest BCUT2D eigenvalue weighted by molar-refractivity contribution is 5.98. The third-order valence-corrected chi connectivity index (χ3v) is 5.44. The smallest absolute Gasteiger partial charge is 0.229 e. The van der Waals surface area contributed by atoms with Crippen molar-refractivity contribution in [2.45, 2.75) is 20.8 Å². The Balaban J connectivity index is 1.71. The molecule has 1 unspecified atom stereocenters. The lowest BCUT2D eigenvalue weighted by Gasteiger charge is -2.10. The van der Waals surface area contributed by atoms with Crippen molar-refractivity contribution in [1.82, 2.24) is 15.0 Å². The van der Waals surface area contributed by atoms with E-state index in [9.17, 15) is 4.79 Å². The Morgan fingerprint density at radius 2 is 1.96 bits per heavy atom. The van der Waals surface area contributed by atoms with Crippen molar-refractivity contribution in [2.75, 3.05) is 11.1 Å². The molecule has 1 aliphatic carbocycles. The summed E-state index contributed by atoms with van der Waals surface area (Å²) < 4.78 is 0. The summed E-state index contributed by atoms with van der Waals surface area (Å²) in [5.41, 5.74) is 8.90. The summed E-state index contributed by atoms with van der Waals surface area (Å²) in [6.07, 6.45) is 5.19. The standard InChI is InChI=1S/C20H21N5O/c1-10-4-5-22-8-14(10)16-6-13-7-17(23-9-15(13)19(21)24-16)25-20(26)18-11(2)12(18)3/h4-9,11-12,18H,1-3H3,(H2,21,24)(H,23,25,26)/t11-,12+,18?. The van der Waals surface area contributed by atoms with Crippen molar-refractivity contribution in [3.63, 3.8) is 0 Å². The topological polar surface area (TPSA) is 93.8 Å². The second-order valence-electron chi connectivity index (χ2n) is 7.11. The molecule has 3 N–H and O–H groups in total. The van der Waals surface area contributed by atoms with Crippen molar-refractivity contribution in [3.05, 3.63) is 42.4 Å². The molecule has 0 radical (unpaired) electrons. The van der Waals surface area contributed by atoms with Gasteiger partial charge in [-0.3, -0.25) is 9.78 Å². The maximum absolute atomic E-state index is 12.3. The zero-order chi connectivity index (χ0) is 18.4. The molecule has 1 aliphatic rings. The molecule has 3 aromatic rings. The maximum Gasteiger partial charge on any atom is 0.229 e. The summed E-state index contributed by atoms with van der Waals surface area (Å²) >= 11 is 0. The second-order valence-corrected chi connectivity index (χ2v) is 7.11. The fourth-order valence-electron chi connectivity index (χ4n) is 3.46. The quantitative estimate of drug-likeness (QED) is 0.757. The van der Waals surface area contributed by atoms with Crippen LogP contribution in [0.5, 0.6) is 0 Å². The lowest BCUT2D eigenvalue weighted by molar-refractivity contribution is -0.117. The van der Waals surface area contributed by atoms with Crippen molar-refractivity contribution in [2.24, 2.45) is 17.8 Å². The van der Waals surface area contributed by atoms with E-state index in [2.05, 4.69) is 34.1 Å². The van der Waals surface area contributed by atoms with Gasteiger partial charge in [0.05, 0.1) is 5.69 Å². The number of nitrogen functional groups attached to an aromatic ring is 1. The Morgan fingerprint density at radius 3 is 2.65 bits per heavy atom. The third kappa shape index (κ3) is 2.77. The maximum atomic E-state index is 12.3. The van der Waals surface area contributed by atoms with Crippen molar-refractivity contribution < 1.29 is 4.79 Å². The number of hydrogen-bond acceptors (Lipinski definition) is 5. The van der Waals surface area contributed by atoms with Crippen LogP contribution in [0, 0.1) is 24.7 Å².